The average Bonchev–Trinajstić information content (AvgIpc) is 1.91. The highest BCUT2D eigenvalue weighted by atomic mass is 32.9. The normalized spacial score (nSPS) is 5.85. The molecule has 0 aliphatic heterocycles. The Hall–Kier alpha value is -2.07. The molecule has 0 aromatic heterocycles. The Kier molecular flexibility index (Phi) is 135. The molecule has 0 aromatic carbocycles. The average molecular weight is 457 g/mol. The van der Waals surface area contributed by atoms with E-state index in [1.54, 1.807) is 0 Å². The molecule has 24 N–H and O–H groups in total. The maximum Gasteiger partial charge on any atom is 0.0383 e. The van der Waals surface area contributed by atoms with Crippen LogP contribution in [-0.4, -0.2) is 37.2 Å². The molecule has 0 saturated heterocycles. The molecule has 0 aromatic rings. The van der Waals surface area contributed by atoms with Gasteiger partial charge in [-0.1, -0.05) is 0 Å². The Morgan fingerprint density at radius 3 is 0.556 bits per heavy atom. The van der Waals surface area contributed by atoms with Crippen LogP contribution in [0.1, 0.15) is 27.7 Å². The molecule has 0 atom stereocenters. The maximum absolute atomic E-state index is 8.89. The minimum atomic E-state index is -4.33. The SMILES string of the molecule is CC(=O)[O-].CC(=O)[O-].CC(=O)[O-].CC(=O)[O-].O=S([O-])([O-])=S.[NH4+].[NH4+].[NH4+].[NH4+].[NH4+].[NH4+]. The zero-order chi connectivity index (χ0) is 18.8. The standard InChI is InChI=1S/4C2H4O2.6H3N.H2O3S2/c4*1-2(3)4;;;;;;;1-5(2,3)4/h4*1H3,(H,3,4);6*1H3;(H2,1,2,3,4). The predicted molar refractivity (Wildman–Crippen MR) is 95.7 cm³/mol. The summed E-state index contributed by atoms with van der Waals surface area (Å²) in [6.07, 6.45) is 0. The van der Waals surface area contributed by atoms with E-state index in [9.17, 15) is 0 Å². The lowest BCUT2D eigenvalue weighted by Gasteiger charge is -2.12. The van der Waals surface area contributed by atoms with Crippen molar-refractivity contribution in [1.82, 2.24) is 36.9 Å². The van der Waals surface area contributed by atoms with E-state index in [4.69, 9.17) is 52.9 Å². The lowest BCUT2D eigenvalue weighted by Crippen LogP contribution is -2.16. The van der Waals surface area contributed by atoms with Gasteiger partial charge in [-0.2, -0.15) is 0 Å². The van der Waals surface area contributed by atoms with E-state index >= 15 is 0 Å². The molecule has 0 amide bonds. The highest BCUT2D eigenvalue weighted by molar-refractivity contribution is 8.26. The van der Waals surface area contributed by atoms with Gasteiger partial charge in [0.05, 0.1) is 0 Å². The van der Waals surface area contributed by atoms with E-state index in [0.717, 1.165) is 27.7 Å². The minimum absolute atomic E-state index is 0. The third-order valence-corrected chi connectivity index (χ3v) is 0. The Bertz CT molecular complexity index is 347. The van der Waals surface area contributed by atoms with Gasteiger partial charge in [0.2, 0.25) is 0 Å². The Morgan fingerprint density at radius 1 is 0.556 bits per heavy atom. The van der Waals surface area contributed by atoms with Gasteiger partial charge >= 0.3 is 0 Å². The van der Waals surface area contributed by atoms with Crippen molar-refractivity contribution in [1.29, 1.82) is 0 Å². The molecule has 0 unspecified atom stereocenters. The topological polar surface area (TPSA) is 443 Å². The molecule has 19 heteroatoms. The van der Waals surface area contributed by atoms with E-state index in [1.807, 2.05) is 0 Å². The molecule has 27 heavy (non-hydrogen) atoms. The molecule has 0 heterocycles. The van der Waals surface area contributed by atoms with E-state index in [-0.39, 0.29) is 36.9 Å². The van der Waals surface area contributed by atoms with Gasteiger partial charge in [-0.05, 0) is 38.9 Å². The summed E-state index contributed by atoms with van der Waals surface area (Å²) in [6, 6.07) is 0. The number of carboxylic acids is 4. The van der Waals surface area contributed by atoms with Crippen LogP contribution in [0.4, 0.5) is 0 Å². The number of rotatable bonds is 0. The van der Waals surface area contributed by atoms with Crippen molar-refractivity contribution in [3.8, 4) is 0 Å². The largest absolute Gasteiger partial charge is 0.780 e. The van der Waals surface area contributed by atoms with Crippen LogP contribution in [0.15, 0.2) is 0 Å². The molecule has 0 aliphatic rings. The fraction of sp³-hybridized carbons (Fsp3) is 0.500. The number of hydrogen-bond donors (Lipinski definition) is 6. The first-order valence-electron chi connectivity index (χ1n) is 4.30. The third kappa shape index (κ3) is 2690. The molecule has 0 spiro atoms. The summed E-state index contributed by atoms with van der Waals surface area (Å²) < 4.78 is 26.7. The fourth-order valence-corrected chi connectivity index (χ4v) is 0. The second-order valence-corrected chi connectivity index (χ2v) is 4.42. The molecule has 0 radical (unpaired) electrons. The van der Waals surface area contributed by atoms with Crippen LogP contribution in [0.3, 0.4) is 0 Å². The van der Waals surface area contributed by atoms with E-state index in [2.05, 4.69) is 11.2 Å². The Morgan fingerprint density at radius 2 is 0.556 bits per heavy atom. The summed E-state index contributed by atoms with van der Waals surface area (Å²) in [5.74, 6) is -4.33. The first-order valence-corrected chi connectivity index (χ1v) is 6.63. The zero-order valence-corrected chi connectivity index (χ0v) is 18.9. The van der Waals surface area contributed by atoms with Gasteiger partial charge in [0.15, 0.2) is 0 Å². The second-order valence-electron chi connectivity index (χ2n) is 2.37. The summed E-state index contributed by atoms with van der Waals surface area (Å²) >= 11 is 3.24. The zero-order valence-electron chi connectivity index (χ0n) is 17.3. The first kappa shape index (κ1) is 73.6. The first-order chi connectivity index (χ1) is 8.93. The van der Waals surface area contributed by atoms with Crippen molar-refractivity contribution >= 4 is 44.1 Å². The summed E-state index contributed by atoms with van der Waals surface area (Å²) in [4.78, 5) is 35.6. The predicted octanol–water partition coefficient (Wildman–Crippen LogP) is -3.72. The number of carbonyl (C=O) groups is 4. The van der Waals surface area contributed by atoms with Crippen molar-refractivity contribution in [2.75, 3.05) is 0 Å². The van der Waals surface area contributed by atoms with Crippen molar-refractivity contribution in [3.05, 3.63) is 0 Å². The summed E-state index contributed by atoms with van der Waals surface area (Å²) in [5, 5.41) is 35.6. The van der Waals surface area contributed by atoms with Crippen LogP contribution < -0.4 is 57.3 Å². The van der Waals surface area contributed by atoms with Gasteiger partial charge in [0.1, 0.15) is 0 Å². The minimum Gasteiger partial charge on any atom is -0.780 e. The highest BCUT2D eigenvalue weighted by Crippen LogP contribution is 1.60. The maximum atomic E-state index is 8.89. The number of hydrogen-bond acceptors (Lipinski definition) is 12. The van der Waals surface area contributed by atoms with Gasteiger partial charge in [0, 0.05) is 23.9 Å². The fourth-order valence-electron chi connectivity index (χ4n) is 0. The van der Waals surface area contributed by atoms with Gasteiger partial charge in [-0.25, -0.2) is 0 Å². The lowest BCUT2D eigenvalue weighted by molar-refractivity contribution is -0.303. The van der Waals surface area contributed by atoms with E-state index in [1.165, 1.54) is 0 Å². The highest BCUT2D eigenvalue weighted by Gasteiger charge is 1.47. The van der Waals surface area contributed by atoms with Crippen LogP contribution in [0.2, 0.25) is 0 Å². The monoisotopic (exact) mass is 456 g/mol. The number of quaternary nitrogens is 6. The quantitative estimate of drug-likeness (QED) is 0.205. The van der Waals surface area contributed by atoms with Crippen molar-refractivity contribution < 1.29 is 52.9 Å². The number of carbonyl (C=O) groups excluding carboxylic acids is 4. The Labute approximate surface area is 162 Å². The third-order valence-electron chi connectivity index (χ3n) is 0. The van der Waals surface area contributed by atoms with Gasteiger partial charge in [-0.15, -0.1) is 9.05 Å². The smallest absolute Gasteiger partial charge is 0.0383 e. The van der Waals surface area contributed by atoms with Crippen LogP contribution in [0.25, 0.3) is 0 Å². The van der Waals surface area contributed by atoms with E-state index in [0.29, 0.717) is 0 Å². The van der Waals surface area contributed by atoms with Gasteiger partial charge in [-0.3, -0.25) is 4.21 Å². The lowest BCUT2D eigenvalue weighted by atomic mass is 10.9. The molecular weight excluding hydrogens is 420 g/mol. The summed E-state index contributed by atoms with van der Waals surface area (Å²) in [6.45, 7) is 3.89. The molecule has 0 aliphatic carbocycles. The van der Waals surface area contributed by atoms with Gasteiger partial charge in [0.25, 0.3) is 0 Å². The molecular formula is C8H36N6O11S2. The van der Waals surface area contributed by atoms with Gasteiger partial charge < -0.3 is 85.6 Å². The summed E-state index contributed by atoms with van der Waals surface area (Å²) in [7, 11) is -4.33. The van der Waals surface area contributed by atoms with Crippen LogP contribution in [0, 0.1) is 0 Å². The molecule has 0 fully saturated rings. The molecule has 17 nitrogen and oxygen atoms in total. The van der Waals surface area contributed by atoms with E-state index < -0.39 is 32.9 Å². The summed E-state index contributed by atoms with van der Waals surface area (Å²) in [5.41, 5.74) is 0. The van der Waals surface area contributed by atoms with Crippen LogP contribution in [0.5, 0.6) is 0 Å². The molecule has 176 valence electrons. The molecule has 0 bridgehead atoms. The molecule has 0 saturated carbocycles. The second kappa shape index (κ2) is 49.6. The number of carboxylic acid groups (broad SMARTS) is 4. The van der Waals surface area contributed by atoms with Crippen LogP contribution >= 0.6 is 0 Å². The van der Waals surface area contributed by atoms with Crippen LogP contribution in [-0.2, 0) is 39.4 Å². The van der Waals surface area contributed by atoms with Crippen molar-refractivity contribution in [3.63, 3.8) is 0 Å². The number of aliphatic carboxylic acids is 4. The molecule has 0 rings (SSSR count). The Balaban J connectivity index is -0.0000000125. The van der Waals surface area contributed by atoms with Crippen molar-refractivity contribution in [2.24, 2.45) is 0 Å². The van der Waals surface area contributed by atoms with Crippen molar-refractivity contribution in [2.45, 2.75) is 27.7 Å².